The van der Waals surface area contributed by atoms with Crippen LogP contribution in [-0.4, -0.2) is 6.61 Å². The van der Waals surface area contributed by atoms with E-state index in [1.54, 1.807) is 6.07 Å². The summed E-state index contributed by atoms with van der Waals surface area (Å²) in [5.41, 5.74) is 6.16. The van der Waals surface area contributed by atoms with Gasteiger partial charge in [-0.2, -0.15) is 0 Å². The Labute approximate surface area is 108 Å². The van der Waals surface area contributed by atoms with Crippen molar-refractivity contribution in [2.75, 3.05) is 6.61 Å². The van der Waals surface area contributed by atoms with Crippen LogP contribution < -0.4 is 10.5 Å². The molecule has 2 aromatic rings. The van der Waals surface area contributed by atoms with Crippen LogP contribution in [0, 0.1) is 17.5 Å². The molecule has 0 spiro atoms. The van der Waals surface area contributed by atoms with E-state index >= 15 is 0 Å². The van der Waals surface area contributed by atoms with Gasteiger partial charge in [-0.25, -0.2) is 13.2 Å². The predicted molar refractivity (Wildman–Crippen MR) is 65.2 cm³/mol. The SMILES string of the molecule is NC(COc1ccccc1F)c1ccc(F)c(F)c1. The highest BCUT2D eigenvalue weighted by Gasteiger charge is 2.11. The molecule has 2 nitrogen and oxygen atoms in total. The van der Waals surface area contributed by atoms with Crippen LogP contribution in [-0.2, 0) is 0 Å². The summed E-state index contributed by atoms with van der Waals surface area (Å²) in [6, 6.07) is 8.59. The molecule has 0 amide bonds. The van der Waals surface area contributed by atoms with Gasteiger partial charge in [0.2, 0.25) is 0 Å². The van der Waals surface area contributed by atoms with Crippen LogP contribution in [0.5, 0.6) is 5.75 Å². The third-order valence-electron chi connectivity index (χ3n) is 2.63. The Morgan fingerprint density at radius 3 is 2.37 bits per heavy atom. The minimum atomic E-state index is -0.973. The topological polar surface area (TPSA) is 35.2 Å². The van der Waals surface area contributed by atoms with Gasteiger partial charge in [-0.05, 0) is 29.8 Å². The molecule has 0 aliphatic carbocycles. The van der Waals surface area contributed by atoms with Gasteiger partial charge in [0.1, 0.15) is 6.61 Å². The number of halogens is 3. The highest BCUT2D eigenvalue weighted by atomic mass is 19.2. The average Bonchev–Trinajstić information content (AvgIpc) is 2.40. The molecular formula is C14H12F3NO. The van der Waals surface area contributed by atoms with E-state index in [9.17, 15) is 13.2 Å². The lowest BCUT2D eigenvalue weighted by atomic mass is 10.1. The summed E-state index contributed by atoms with van der Waals surface area (Å²) in [6.45, 7) is -0.0357. The Bertz CT molecular complexity index is 574. The molecule has 2 rings (SSSR count). The molecule has 2 aromatic carbocycles. The Balaban J connectivity index is 2.03. The van der Waals surface area contributed by atoms with E-state index in [4.69, 9.17) is 10.5 Å². The number of benzene rings is 2. The monoisotopic (exact) mass is 267 g/mol. The molecular weight excluding hydrogens is 255 g/mol. The Kier molecular flexibility index (Phi) is 4.06. The van der Waals surface area contributed by atoms with E-state index in [0.717, 1.165) is 12.1 Å². The molecule has 0 radical (unpaired) electrons. The molecule has 0 saturated carbocycles. The standard InChI is InChI=1S/C14H12F3NO/c15-10-6-5-9(7-12(10)17)13(18)8-19-14-4-2-1-3-11(14)16/h1-7,13H,8,18H2. The third kappa shape index (κ3) is 3.26. The predicted octanol–water partition coefficient (Wildman–Crippen LogP) is 3.18. The van der Waals surface area contributed by atoms with Crippen molar-refractivity contribution in [2.24, 2.45) is 5.73 Å². The van der Waals surface area contributed by atoms with Crippen LogP contribution in [0.25, 0.3) is 0 Å². The number of ether oxygens (including phenoxy) is 1. The highest BCUT2D eigenvalue weighted by molar-refractivity contribution is 5.25. The van der Waals surface area contributed by atoms with E-state index in [1.807, 2.05) is 0 Å². The summed E-state index contributed by atoms with van der Waals surface area (Å²) in [5, 5.41) is 0. The van der Waals surface area contributed by atoms with Crippen LogP contribution in [0.2, 0.25) is 0 Å². The lowest BCUT2D eigenvalue weighted by Gasteiger charge is -2.14. The molecule has 0 saturated heterocycles. The van der Waals surface area contributed by atoms with Gasteiger partial charge >= 0.3 is 0 Å². The molecule has 1 unspecified atom stereocenters. The molecule has 0 bridgehead atoms. The maximum atomic E-state index is 13.3. The van der Waals surface area contributed by atoms with Gasteiger partial charge in [0, 0.05) is 0 Å². The second-order valence-corrected chi connectivity index (χ2v) is 4.02. The van der Waals surface area contributed by atoms with Crippen LogP contribution in [0.1, 0.15) is 11.6 Å². The third-order valence-corrected chi connectivity index (χ3v) is 2.63. The van der Waals surface area contributed by atoms with Gasteiger partial charge in [-0.15, -0.1) is 0 Å². The summed E-state index contributed by atoms with van der Waals surface area (Å²) < 4.78 is 44.3. The molecule has 0 aliphatic rings. The lowest BCUT2D eigenvalue weighted by Crippen LogP contribution is -2.19. The first-order valence-electron chi connectivity index (χ1n) is 5.66. The first kappa shape index (κ1) is 13.4. The van der Waals surface area contributed by atoms with E-state index in [0.29, 0.717) is 5.56 Å². The van der Waals surface area contributed by atoms with Gasteiger partial charge in [-0.3, -0.25) is 0 Å². The average molecular weight is 267 g/mol. The molecule has 5 heteroatoms. The second-order valence-electron chi connectivity index (χ2n) is 4.02. The molecule has 1 atom stereocenters. The Morgan fingerprint density at radius 2 is 1.68 bits per heavy atom. The van der Waals surface area contributed by atoms with Crippen LogP contribution in [0.4, 0.5) is 13.2 Å². The van der Waals surface area contributed by atoms with Crippen molar-refractivity contribution >= 4 is 0 Å². The van der Waals surface area contributed by atoms with Crippen molar-refractivity contribution in [3.63, 3.8) is 0 Å². The molecule has 19 heavy (non-hydrogen) atoms. The molecule has 0 aliphatic heterocycles. The maximum absolute atomic E-state index is 13.3. The lowest BCUT2D eigenvalue weighted by molar-refractivity contribution is 0.277. The molecule has 2 N–H and O–H groups in total. The zero-order valence-electron chi connectivity index (χ0n) is 9.95. The molecule has 0 aromatic heterocycles. The smallest absolute Gasteiger partial charge is 0.165 e. The van der Waals surface area contributed by atoms with Gasteiger partial charge in [0.15, 0.2) is 23.2 Å². The number of nitrogens with two attached hydrogens (primary N) is 1. The number of hydrogen-bond acceptors (Lipinski definition) is 2. The van der Waals surface area contributed by atoms with Crippen molar-refractivity contribution in [1.29, 1.82) is 0 Å². The van der Waals surface area contributed by atoms with E-state index in [-0.39, 0.29) is 12.4 Å². The fourth-order valence-corrected chi connectivity index (χ4v) is 1.58. The van der Waals surface area contributed by atoms with E-state index in [1.165, 1.54) is 24.3 Å². The normalized spacial score (nSPS) is 12.2. The van der Waals surface area contributed by atoms with Crippen molar-refractivity contribution in [1.82, 2.24) is 0 Å². The fourth-order valence-electron chi connectivity index (χ4n) is 1.58. The zero-order chi connectivity index (χ0) is 13.8. The highest BCUT2D eigenvalue weighted by Crippen LogP contribution is 2.19. The van der Waals surface area contributed by atoms with Crippen molar-refractivity contribution in [2.45, 2.75) is 6.04 Å². The van der Waals surface area contributed by atoms with Crippen LogP contribution in [0.15, 0.2) is 42.5 Å². The Hall–Kier alpha value is -2.01. The molecule has 0 fully saturated rings. The number of hydrogen-bond donors (Lipinski definition) is 1. The van der Waals surface area contributed by atoms with Gasteiger partial charge in [-0.1, -0.05) is 18.2 Å². The van der Waals surface area contributed by atoms with E-state index in [2.05, 4.69) is 0 Å². The quantitative estimate of drug-likeness (QED) is 0.923. The molecule has 0 heterocycles. The summed E-state index contributed by atoms with van der Waals surface area (Å²) >= 11 is 0. The fraction of sp³-hybridized carbons (Fsp3) is 0.143. The number of rotatable bonds is 4. The summed E-state index contributed by atoms with van der Waals surface area (Å²) in [4.78, 5) is 0. The zero-order valence-corrected chi connectivity index (χ0v) is 9.95. The van der Waals surface area contributed by atoms with Gasteiger partial charge in [0.05, 0.1) is 6.04 Å². The summed E-state index contributed by atoms with van der Waals surface area (Å²) in [6.07, 6.45) is 0. The van der Waals surface area contributed by atoms with E-state index < -0.39 is 23.5 Å². The van der Waals surface area contributed by atoms with Gasteiger partial charge < -0.3 is 10.5 Å². The Morgan fingerprint density at radius 1 is 0.947 bits per heavy atom. The summed E-state index contributed by atoms with van der Waals surface area (Å²) in [7, 11) is 0. The maximum Gasteiger partial charge on any atom is 0.165 e. The minimum Gasteiger partial charge on any atom is -0.489 e. The molecule has 100 valence electrons. The van der Waals surface area contributed by atoms with Gasteiger partial charge in [0.25, 0.3) is 0 Å². The largest absolute Gasteiger partial charge is 0.489 e. The van der Waals surface area contributed by atoms with Crippen molar-refractivity contribution < 1.29 is 17.9 Å². The van der Waals surface area contributed by atoms with Crippen molar-refractivity contribution in [3.05, 3.63) is 65.5 Å². The number of para-hydroxylation sites is 1. The second kappa shape index (κ2) is 5.75. The van der Waals surface area contributed by atoms with Crippen molar-refractivity contribution in [3.8, 4) is 5.75 Å². The first-order chi connectivity index (χ1) is 9.08. The summed E-state index contributed by atoms with van der Waals surface area (Å²) in [5.74, 6) is -2.34. The van der Waals surface area contributed by atoms with Crippen LogP contribution >= 0.6 is 0 Å². The minimum absolute atomic E-state index is 0.0357. The first-order valence-corrected chi connectivity index (χ1v) is 5.66. The van der Waals surface area contributed by atoms with Crippen LogP contribution in [0.3, 0.4) is 0 Å².